The molecule has 0 N–H and O–H groups in total. The second-order valence-electron chi connectivity index (χ2n) is 7.29. The predicted molar refractivity (Wildman–Crippen MR) is 126 cm³/mol. The van der Waals surface area contributed by atoms with Crippen molar-refractivity contribution >= 4 is 44.4 Å². The monoisotopic (exact) mass is 447 g/mol. The number of carbonyl (C=O) groups excluding carboxylic acids is 1. The van der Waals surface area contributed by atoms with Crippen molar-refractivity contribution in [2.24, 2.45) is 0 Å². The van der Waals surface area contributed by atoms with E-state index in [1.165, 1.54) is 29.5 Å². The highest BCUT2D eigenvalue weighted by Crippen LogP contribution is 2.29. The van der Waals surface area contributed by atoms with Gasteiger partial charge in [-0.25, -0.2) is 4.98 Å². The van der Waals surface area contributed by atoms with Crippen LogP contribution in [0.2, 0.25) is 0 Å². The SMILES string of the molecule is Cc1cc(C)n(CCN(C(=O)C=Cc2cccc([N+](=O)[O-])c2)c2nc3ccccc3s2)n1. The Bertz CT molecular complexity index is 1290. The van der Waals surface area contributed by atoms with E-state index in [1.807, 2.05) is 48.9 Å². The summed E-state index contributed by atoms with van der Waals surface area (Å²) in [5.74, 6) is -0.253. The van der Waals surface area contributed by atoms with Crippen LogP contribution in [-0.2, 0) is 11.3 Å². The maximum atomic E-state index is 13.2. The normalized spacial score (nSPS) is 11.3. The molecule has 0 fully saturated rings. The number of carbonyl (C=O) groups is 1. The van der Waals surface area contributed by atoms with Crippen LogP contribution in [0.15, 0.2) is 60.7 Å². The third-order valence-corrected chi connectivity index (χ3v) is 5.98. The first-order chi connectivity index (χ1) is 15.4. The number of para-hydroxylation sites is 1. The van der Waals surface area contributed by atoms with E-state index < -0.39 is 4.92 Å². The molecule has 1 amide bonds. The van der Waals surface area contributed by atoms with Gasteiger partial charge in [0, 0.05) is 30.4 Å². The maximum Gasteiger partial charge on any atom is 0.270 e. The zero-order chi connectivity index (χ0) is 22.7. The fourth-order valence-electron chi connectivity index (χ4n) is 3.37. The molecule has 0 unspecified atom stereocenters. The number of non-ortho nitro benzene ring substituents is 1. The molecule has 2 heterocycles. The molecule has 2 aromatic carbocycles. The third kappa shape index (κ3) is 4.73. The number of nitrogens with zero attached hydrogens (tertiary/aromatic N) is 5. The number of aryl methyl sites for hydroxylation is 2. The van der Waals surface area contributed by atoms with Crippen LogP contribution in [0.1, 0.15) is 17.0 Å². The second kappa shape index (κ2) is 9.11. The molecule has 162 valence electrons. The van der Waals surface area contributed by atoms with Crippen LogP contribution in [0.25, 0.3) is 16.3 Å². The summed E-state index contributed by atoms with van der Waals surface area (Å²) >= 11 is 1.45. The number of nitro benzene ring substituents is 1. The average molecular weight is 448 g/mol. The van der Waals surface area contributed by atoms with Crippen molar-refractivity contribution in [1.29, 1.82) is 0 Å². The van der Waals surface area contributed by atoms with Crippen LogP contribution in [0.5, 0.6) is 0 Å². The minimum Gasteiger partial charge on any atom is -0.283 e. The number of hydrogen-bond acceptors (Lipinski definition) is 6. The molecule has 0 atom stereocenters. The molecular formula is C23H21N5O3S. The first-order valence-electron chi connectivity index (χ1n) is 10.0. The van der Waals surface area contributed by atoms with Crippen LogP contribution in [0, 0.1) is 24.0 Å². The Morgan fingerprint density at radius 1 is 1.19 bits per heavy atom. The molecule has 0 bridgehead atoms. The lowest BCUT2D eigenvalue weighted by Gasteiger charge is -2.18. The van der Waals surface area contributed by atoms with E-state index in [-0.39, 0.29) is 11.6 Å². The van der Waals surface area contributed by atoms with Gasteiger partial charge in [0.1, 0.15) is 0 Å². The highest BCUT2D eigenvalue weighted by molar-refractivity contribution is 7.22. The van der Waals surface area contributed by atoms with Crippen molar-refractivity contribution in [1.82, 2.24) is 14.8 Å². The van der Waals surface area contributed by atoms with Crippen molar-refractivity contribution in [2.75, 3.05) is 11.4 Å². The number of amides is 1. The Labute approximate surface area is 188 Å². The predicted octanol–water partition coefficient (Wildman–Crippen LogP) is 4.76. The molecule has 32 heavy (non-hydrogen) atoms. The molecular weight excluding hydrogens is 426 g/mol. The quantitative estimate of drug-likeness (QED) is 0.231. The smallest absolute Gasteiger partial charge is 0.270 e. The molecule has 9 heteroatoms. The molecule has 0 radical (unpaired) electrons. The first kappa shape index (κ1) is 21.4. The molecule has 4 rings (SSSR count). The van der Waals surface area contributed by atoms with Crippen LogP contribution in [-0.4, -0.2) is 32.1 Å². The van der Waals surface area contributed by atoms with Crippen molar-refractivity contribution in [3.05, 3.63) is 87.7 Å². The largest absolute Gasteiger partial charge is 0.283 e. The van der Waals surface area contributed by atoms with Gasteiger partial charge < -0.3 is 0 Å². The second-order valence-corrected chi connectivity index (χ2v) is 8.30. The number of thiazole rings is 1. The molecule has 0 aliphatic heterocycles. The number of fused-ring (bicyclic) bond motifs is 1. The van der Waals surface area contributed by atoms with E-state index >= 15 is 0 Å². The topological polar surface area (TPSA) is 94.2 Å². The highest BCUT2D eigenvalue weighted by Gasteiger charge is 2.18. The molecule has 0 aliphatic carbocycles. The summed E-state index contributed by atoms with van der Waals surface area (Å²) in [7, 11) is 0. The Balaban J connectivity index is 1.61. The van der Waals surface area contributed by atoms with Gasteiger partial charge in [-0.05, 0) is 43.7 Å². The standard InChI is InChI=1S/C23H21N5O3S/c1-16-14-17(2)27(25-16)13-12-26(23-24-20-8-3-4-9-21(20)32-23)22(29)11-10-18-6-5-7-19(15-18)28(30)31/h3-11,14-15H,12-13H2,1-2H3. The Morgan fingerprint density at radius 3 is 2.72 bits per heavy atom. The summed E-state index contributed by atoms with van der Waals surface area (Å²) < 4.78 is 2.86. The van der Waals surface area contributed by atoms with Crippen LogP contribution in [0.3, 0.4) is 0 Å². The van der Waals surface area contributed by atoms with Gasteiger partial charge in [0.2, 0.25) is 0 Å². The van der Waals surface area contributed by atoms with Gasteiger partial charge in [0.15, 0.2) is 5.13 Å². The fourth-order valence-corrected chi connectivity index (χ4v) is 4.37. The van der Waals surface area contributed by atoms with Gasteiger partial charge in [0.05, 0.1) is 27.4 Å². The number of rotatable bonds is 7. The third-order valence-electron chi connectivity index (χ3n) is 4.92. The summed E-state index contributed by atoms with van der Waals surface area (Å²) in [6.07, 6.45) is 3.01. The van der Waals surface area contributed by atoms with Gasteiger partial charge in [0.25, 0.3) is 11.6 Å². The van der Waals surface area contributed by atoms with Crippen molar-refractivity contribution in [3.63, 3.8) is 0 Å². The summed E-state index contributed by atoms with van der Waals surface area (Å²) in [4.78, 5) is 30.0. The Hall–Kier alpha value is -3.85. The Morgan fingerprint density at radius 2 is 2.00 bits per heavy atom. The summed E-state index contributed by atoms with van der Waals surface area (Å²) in [5.41, 5.74) is 3.33. The van der Waals surface area contributed by atoms with Gasteiger partial charge in [-0.15, -0.1) is 0 Å². The van der Waals surface area contributed by atoms with E-state index in [0.717, 1.165) is 21.6 Å². The molecule has 4 aromatic rings. The van der Waals surface area contributed by atoms with Gasteiger partial charge in [-0.3, -0.25) is 24.5 Å². The van der Waals surface area contributed by atoms with Crippen molar-refractivity contribution in [2.45, 2.75) is 20.4 Å². The van der Waals surface area contributed by atoms with Gasteiger partial charge >= 0.3 is 0 Å². The zero-order valence-corrected chi connectivity index (χ0v) is 18.5. The van der Waals surface area contributed by atoms with Crippen LogP contribution in [0.4, 0.5) is 10.8 Å². The maximum absolute atomic E-state index is 13.2. The minimum atomic E-state index is -0.457. The van der Waals surface area contributed by atoms with E-state index in [0.29, 0.717) is 23.8 Å². The van der Waals surface area contributed by atoms with Crippen LogP contribution >= 0.6 is 11.3 Å². The number of aromatic nitrogens is 3. The molecule has 8 nitrogen and oxygen atoms in total. The van der Waals surface area contributed by atoms with Gasteiger partial charge in [-0.2, -0.15) is 5.10 Å². The minimum absolute atomic E-state index is 0.0212. The van der Waals surface area contributed by atoms with E-state index in [4.69, 9.17) is 0 Å². The molecule has 0 saturated carbocycles. The lowest BCUT2D eigenvalue weighted by molar-refractivity contribution is -0.384. The van der Waals surface area contributed by atoms with E-state index in [1.54, 1.807) is 23.1 Å². The average Bonchev–Trinajstić information content (AvgIpc) is 3.34. The zero-order valence-electron chi connectivity index (χ0n) is 17.6. The summed E-state index contributed by atoms with van der Waals surface area (Å²) in [6.45, 7) is 4.82. The molecule has 0 aliphatic rings. The fraction of sp³-hybridized carbons (Fsp3) is 0.174. The van der Waals surface area contributed by atoms with Crippen LogP contribution < -0.4 is 4.90 Å². The van der Waals surface area contributed by atoms with E-state index in [9.17, 15) is 14.9 Å². The molecule has 0 saturated heterocycles. The molecule has 0 spiro atoms. The lowest BCUT2D eigenvalue weighted by Crippen LogP contribution is -2.33. The number of anilines is 1. The van der Waals surface area contributed by atoms with Crippen molar-refractivity contribution < 1.29 is 9.72 Å². The summed E-state index contributed by atoms with van der Waals surface area (Å²) in [5, 5.41) is 16.1. The molecule has 2 aromatic heterocycles. The van der Waals surface area contributed by atoms with Crippen molar-refractivity contribution in [3.8, 4) is 0 Å². The Kier molecular flexibility index (Phi) is 6.09. The summed E-state index contributed by atoms with van der Waals surface area (Å²) in [6, 6.07) is 15.9. The highest BCUT2D eigenvalue weighted by atomic mass is 32.1. The lowest BCUT2D eigenvalue weighted by atomic mass is 10.2. The number of nitro groups is 1. The van der Waals surface area contributed by atoms with E-state index in [2.05, 4.69) is 10.1 Å². The first-order valence-corrected chi connectivity index (χ1v) is 10.8. The number of benzene rings is 2. The number of hydrogen-bond donors (Lipinski definition) is 0. The van der Waals surface area contributed by atoms with Gasteiger partial charge in [-0.1, -0.05) is 35.6 Å².